The first kappa shape index (κ1) is 17.2. The minimum Gasteiger partial charge on any atom is -0.370 e. The van der Waals surface area contributed by atoms with Gasteiger partial charge in [0, 0.05) is 24.8 Å². The number of nitrogens with two attached hydrogens (primary N) is 1. The average molecular weight is 365 g/mol. The minimum absolute atomic E-state index is 0. The van der Waals surface area contributed by atoms with E-state index in [9.17, 15) is 0 Å². The lowest BCUT2D eigenvalue weighted by Crippen LogP contribution is -2.38. The van der Waals surface area contributed by atoms with Gasteiger partial charge in [0.2, 0.25) is 0 Å². The lowest BCUT2D eigenvalue weighted by molar-refractivity contribution is 0.636. The quantitative estimate of drug-likeness (QED) is 0.475. The molecule has 1 aromatic rings. The molecule has 0 aliphatic carbocycles. The van der Waals surface area contributed by atoms with Crippen molar-refractivity contribution in [3.8, 4) is 0 Å². The van der Waals surface area contributed by atoms with Crippen LogP contribution in [0.25, 0.3) is 0 Å². The maximum atomic E-state index is 5.81. The summed E-state index contributed by atoms with van der Waals surface area (Å²) in [6, 6.07) is 0.360. The summed E-state index contributed by atoms with van der Waals surface area (Å²) in [4.78, 5) is 4.33. The highest BCUT2D eigenvalue weighted by Crippen LogP contribution is 2.08. The summed E-state index contributed by atoms with van der Waals surface area (Å²) in [6.45, 7) is 6.88. The molecule has 3 N–H and O–H groups in total. The van der Waals surface area contributed by atoms with Crippen molar-refractivity contribution < 1.29 is 0 Å². The van der Waals surface area contributed by atoms with E-state index in [0.29, 0.717) is 18.5 Å². The molecule has 0 radical (unpaired) electrons. The fourth-order valence-corrected chi connectivity index (χ4v) is 1.58. The van der Waals surface area contributed by atoms with Gasteiger partial charge in [-0.25, -0.2) is 4.99 Å². The third-order valence-corrected chi connectivity index (χ3v) is 2.75. The summed E-state index contributed by atoms with van der Waals surface area (Å²) >= 11 is 0. The van der Waals surface area contributed by atoms with Gasteiger partial charge in [0.15, 0.2) is 5.96 Å². The lowest BCUT2D eigenvalue weighted by atomic mass is 10.2. The Morgan fingerprint density at radius 1 is 1.56 bits per heavy atom. The van der Waals surface area contributed by atoms with Crippen molar-refractivity contribution in [2.75, 3.05) is 0 Å². The van der Waals surface area contributed by atoms with Crippen LogP contribution in [0.4, 0.5) is 0 Å². The van der Waals surface area contributed by atoms with E-state index in [1.165, 1.54) is 0 Å². The van der Waals surface area contributed by atoms with Crippen molar-refractivity contribution in [1.29, 1.82) is 0 Å². The number of nitrogens with zero attached hydrogens (tertiary/aromatic N) is 3. The Labute approximate surface area is 126 Å². The van der Waals surface area contributed by atoms with Crippen LogP contribution >= 0.6 is 24.0 Å². The van der Waals surface area contributed by atoms with Crippen molar-refractivity contribution in [1.82, 2.24) is 15.1 Å². The number of nitrogens with one attached hydrogen (secondary N) is 1. The molecule has 0 aliphatic rings. The first-order chi connectivity index (χ1) is 8.06. The van der Waals surface area contributed by atoms with Gasteiger partial charge in [-0.05, 0) is 19.8 Å². The molecule has 0 saturated carbocycles. The standard InChI is InChI=1S/C12H23N5.HI/c1-5-9(3)15-12(13)14-7-10-8-17(4)16-11(10)6-2;/h8-9H,5-7H2,1-4H3,(H3,13,14,15);1H. The zero-order valence-corrected chi connectivity index (χ0v) is 13.9. The minimum atomic E-state index is 0. The summed E-state index contributed by atoms with van der Waals surface area (Å²) < 4.78 is 1.82. The molecular weight excluding hydrogens is 341 g/mol. The molecule has 0 aromatic carbocycles. The molecule has 0 fully saturated rings. The number of aliphatic imine (C=N–C) groups is 1. The summed E-state index contributed by atoms with van der Waals surface area (Å²) in [5.41, 5.74) is 8.04. The number of hydrogen-bond acceptors (Lipinski definition) is 2. The van der Waals surface area contributed by atoms with Crippen LogP contribution in [0.1, 0.15) is 38.4 Å². The molecule has 1 atom stereocenters. The van der Waals surface area contributed by atoms with Crippen LogP contribution in [-0.4, -0.2) is 21.8 Å². The van der Waals surface area contributed by atoms with E-state index in [4.69, 9.17) is 5.73 Å². The van der Waals surface area contributed by atoms with E-state index in [0.717, 1.165) is 24.1 Å². The Balaban J connectivity index is 0.00000289. The maximum Gasteiger partial charge on any atom is 0.189 e. The van der Waals surface area contributed by atoms with Crippen molar-refractivity contribution in [3.05, 3.63) is 17.5 Å². The van der Waals surface area contributed by atoms with Gasteiger partial charge < -0.3 is 11.1 Å². The fourth-order valence-electron chi connectivity index (χ4n) is 1.58. The van der Waals surface area contributed by atoms with Gasteiger partial charge in [-0.1, -0.05) is 13.8 Å². The third kappa shape index (κ3) is 5.24. The SMILES string of the molecule is CCc1nn(C)cc1CN=C(N)NC(C)CC.I. The Morgan fingerprint density at radius 2 is 2.22 bits per heavy atom. The van der Waals surface area contributed by atoms with Crippen LogP contribution in [0.5, 0.6) is 0 Å². The normalized spacial score (nSPS) is 13.0. The number of halogens is 1. The van der Waals surface area contributed by atoms with Gasteiger partial charge >= 0.3 is 0 Å². The largest absolute Gasteiger partial charge is 0.370 e. The van der Waals surface area contributed by atoms with Gasteiger partial charge in [-0.3, -0.25) is 4.68 Å². The first-order valence-electron chi connectivity index (χ1n) is 6.14. The lowest BCUT2D eigenvalue weighted by Gasteiger charge is -2.11. The summed E-state index contributed by atoms with van der Waals surface area (Å²) in [5, 5.41) is 7.51. The van der Waals surface area contributed by atoms with E-state index >= 15 is 0 Å². The molecule has 5 nitrogen and oxygen atoms in total. The highest BCUT2D eigenvalue weighted by Gasteiger charge is 2.05. The molecule has 1 rings (SSSR count). The van der Waals surface area contributed by atoms with E-state index in [1.54, 1.807) is 0 Å². The summed E-state index contributed by atoms with van der Waals surface area (Å²) in [6.07, 6.45) is 3.95. The molecule has 0 aliphatic heterocycles. The summed E-state index contributed by atoms with van der Waals surface area (Å²) in [5.74, 6) is 0.505. The van der Waals surface area contributed by atoms with Gasteiger partial charge in [0.05, 0.1) is 12.2 Å². The molecule has 104 valence electrons. The number of aromatic nitrogens is 2. The topological polar surface area (TPSA) is 68.2 Å². The van der Waals surface area contributed by atoms with Crippen LogP contribution in [0.3, 0.4) is 0 Å². The number of hydrogen-bond donors (Lipinski definition) is 2. The van der Waals surface area contributed by atoms with E-state index in [1.807, 2.05) is 17.9 Å². The van der Waals surface area contributed by atoms with Gasteiger partial charge in [0.1, 0.15) is 0 Å². The molecule has 0 saturated heterocycles. The molecule has 0 amide bonds. The summed E-state index contributed by atoms with van der Waals surface area (Å²) in [7, 11) is 1.92. The number of rotatable bonds is 5. The zero-order valence-electron chi connectivity index (χ0n) is 11.6. The predicted molar refractivity (Wildman–Crippen MR) is 86.2 cm³/mol. The molecule has 0 spiro atoms. The maximum absolute atomic E-state index is 5.81. The van der Waals surface area contributed by atoms with E-state index in [-0.39, 0.29) is 24.0 Å². The molecule has 1 heterocycles. The average Bonchev–Trinajstić information content (AvgIpc) is 2.66. The molecule has 1 unspecified atom stereocenters. The van der Waals surface area contributed by atoms with Gasteiger partial charge in [-0.2, -0.15) is 5.10 Å². The van der Waals surface area contributed by atoms with E-state index in [2.05, 4.69) is 36.2 Å². The number of guanidine groups is 1. The van der Waals surface area contributed by atoms with Crippen molar-refractivity contribution in [3.63, 3.8) is 0 Å². The van der Waals surface area contributed by atoms with Crippen LogP contribution in [0.2, 0.25) is 0 Å². The van der Waals surface area contributed by atoms with Crippen LogP contribution in [0, 0.1) is 0 Å². The Kier molecular flexibility index (Phi) is 7.97. The van der Waals surface area contributed by atoms with Gasteiger partial charge in [-0.15, -0.1) is 24.0 Å². The molecular formula is C12H24IN5. The third-order valence-electron chi connectivity index (χ3n) is 2.75. The van der Waals surface area contributed by atoms with Gasteiger partial charge in [0.25, 0.3) is 0 Å². The number of aryl methyl sites for hydroxylation is 2. The van der Waals surface area contributed by atoms with Crippen LogP contribution in [0.15, 0.2) is 11.2 Å². The highest BCUT2D eigenvalue weighted by molar-refractivity contribution is 14.0. The zero-order chi connectivity index (χ0) is 12.8. The second kappa shape index (κ2) is 8.34. The Hall–Kier alpha value is -0.790. The molecule has 0 bridgehead atoms. The fraction of sp³-hybridized carbons (Fsp3) is 0.667. The molecule has 6 heteroatoms. The van der Waals surface area contributed by atoms with E-state index < -0.39 is 0 Å². The van der Waals surface area contributed by atoms with Crippen molar-refractivity contribution in [2.24, 2.45) is 17.8 Å². The monoisotopic (exact) mass is 365 g/mol. The van der Waals surface area contributed by atoms with Crippen LogP contribution in [-0.2, 0) is 20.0 Å². The van der Waals surface area contributed by atoms with Crippen molar-refractivity contribution >= 4 is 29.9 Å². The second-order valence-electron chi connectivity index (χ2n) is 4.28. The smallest absolute Gasteiger partial charge is 0.189 e. The molecule has 18 heavy (non-hydrogen) atoms. The van der Waals surface area contributed by atoms with Crippen LogP contribution < -0.4 is 11.1 Å². The highest BCUT2D eigenvalue weighted by atomic mass is 127. The second-order valence-corrected chi connectivity index (χ2v) is 4.28. The molecule has 1 aromatic heterocycles. The predicted octanol–water partition coefficient (Wildman–Crippen LogP) is 1.80. The Morgan fingerprint density at radius 3 is 2.78 bits per heavy atom. The Bertz CT molecular complexity index is 386. The van der Waals surface area contributed by atoms with Crippen molar-refractivity contribution in [2.45, 2.75) is 46.2 Å². The first-order valence-corrected chi connectivity index (χ1v) is 6.14.